The number of amides is 4. The van der Waals surface area contributed by atoms with Crippen molar-refractivity contribution >= 4 is 17.8 Å². The maximum atomic E-state index is 12.7. The van der Waals surface area contributed by atoms with Crippen molar-refractivity contribution in [2.24, 2.45) is 0 Å². The largest absolute Gasteiger partial charge is 0.497 e. The summed E-state index contributed by atoms with van der Waals surface area (Å²) in [5.41, 5.74) is 2.19. The van der Waals surface area contributed by atoms with E-state index in [0.717, 1.165) is 28.2 Å². The highest BCUT2D eigenvalue weighted by molar-refractivity contribution is 6.02. The van der Waals surface area contributed by atoms with Crippen LogP contribution in [0.2, 0.25) is 0 Å². The molecule has 1 aliphatic rings. The third kappa shape index (κ3) is 4.31. The van der Waals surface area contributed by atoms with Crippen LogP contribution in [0.5, 0.6) is 5.75 Å². The number of hydrogen-bond donors (Lipinski definition) is 2. The summed E-state index contributed by atoms with van der Waals surface area (Å²) in [4.78, 5) is 37.3. The van der Waals surface area contributed by atoms with Gasteiger partial charge in [-0.15, -0.1) is 0 Å². The molecular formula is C21H23N3O4. The van der Waals surface area contributed by atoms with Crippen LogP contribution >= 0.6 is 0 Å². The van der Waals surface area contributed by atoms with Crippen LogP contribution in [-0.4, -0.2) is 36.4 Å². The van der Waals surface area contributed by atoms with Crippen molar-refractivity contribution < 1.29 is 19.1 Å². The molecule has 1 heterocycles. The number of hydrogen-bond acceptors (Lipinski definition) is 4. The Morgan fingerprint density at radius 1 is 1.21 bits per heavy atom. The maximum absolute atomic E-state index is 12.7. The molecule has 2 N–H and O–H groups in total. The third-order valence-electron chi connectivity index (χ3n) is 4.70. The van der Waals surface area contributed by atoms with Crippen molar-refractivity contribution in [3.05, 3.63) is 65.2 Å². The summed E-state index contributed by atoms with van der Waals surface area (Å²) in [6.45, 7) is 2.16. The summed E-state index contributed by atoms with van der Waals surface area (Å²) < 4.78 is 5.17. The van der Waals surface area contributed by atoms with E-state index in [0.29, 0.717) is 5.56 Å². The fourth-order valence-electron chi connectivity index (χ4n) is 3.11. The van der Waals surface area contributed by atoms with Gasteiger partial charge >= 0.3 is 6.03 Å². The molecule has 0 aromatic heterocycles. The molecule has 3 rings (SSSR count). The quantitative estimate of drug-likeness (QED) is 0.722. The predicted octanol–water partition coefficient (Wildman–Crippen LogP) is 2.63. The van der Waals surface area contributed by atoms with Crippen LogP contribution in [0.4, 0.5) is 4.79 Å². The number of benzene rings is 2. The molecule has 0 radical (unpaired) electrons. The topological polar surface area (TPSA) is 87.7 Å². The minimum Gasteiger partial charge on any atom is -0.497 e. The lowest BCUT2D eigenvalue weighted by Gasteiger charge is -2.18. The zero-order valence-electron chi connectivity index (χ0n) is 15.9. The van der Waals surface area contributed by atoms with E-state index >= 15 is 0 Å². The molecule has 1 aliphatic heterocycles. The van der Waals surface area contributed by atoms with Gasteiger partial charge in [-0.3, -0.25) is 14.5 Å². The predicted molar refractivity (Wildman–Crippen MR) is 104 cm³/mol. The van der Waals surface area contributed by atoms with Gasteiger partial charge in [0.2, 0.25) is 5.91 Å². The van der Waals surface area contributed by atoms with E-state index < -0.39 is 6.03 Å². The van der Waals surface area contributed by atoms with Gasteiger partial charge in [-0.05, 0) is 41.8 Å². The minimum atomic E-state index is -0.412. The molecule has 0 spiro atoms. The van der Waals surface area contributed by atoms with Crippen LogP contribution in [0.15, 0.2) is 48.5 Å². The van der Waals surface area contributed by atoms with E-state index in [1.54, 1.807) is 31.4 Å². The standard InChI is InChI=1S/C21H23N3O4/c1-3-18(15-7-9-17(28-2)10-8-15)23-20(26)16-6-4-5-14(11-16)13-24-19(25)12-22-21(24)27/h4-11,18H,3,12-13H2,1-2H3,(H,22,27)(H,23,26). The Labute approximate surface area is 163 Å². The Bertz CT molecular complexity index is 863. The van der Waals surface area contributed by atoms with Crippen LogP contribution in [0, 0.1) is 0 Å². The molecule has 2 aromatic carbocycles. The molecule has 1 saturated heterocycles. The number of carbonyl (C=O) groups excluding carboxylic acids is 3. The molecule has 0 bridgehead atoms. The van der Waals surface area contributed by atoms with Crippen LogP contribution in [0.3, 0.4) is 0 Å². The Balaban J connectivity index is 1.70. The van der Waals surface area contributed by atoms with Gasteiger partial charge in [-0.1, -0.05) is 31.2 Å². The molecule has 2 aromatic rings. The average molecular weight is 381 g/mol. The highest BCUT2D eigenvalue weighted by Gasteiger charge is 2.28. The number of urea groups is 1. The first kappa shape index (κ1) is 19.4. The van der Waals surface area contributed by atoms with Gasteiger partial charge < -0.3 is 15.4 Å². The van der Waals surface area contributed by atoms with Gasteiger partial charge in [0.25, 0.3) is 5.91 Å². The van der Waals surface area contributed by atoms with Gasteiger partial charge in [0, 0.05) is 5.56 Å². The maximum Gasteiger partial charge on any atom is 0.324 e. The fraction of sp³-hybridized carbons (Fsp3) is 0.286. The molecule has 28 heavy (non-hydrogen) atoms. The van der Waals surface area contributed by atoms with E-state index in [1.165, 1.54) is 0 Å². The lowest BCUT2D eigenvalue weighted by atomic mass is 10.0. The molecule has 0 aliphatic carbocycles. The van der Waals surface area contributed by atoms with Crippen LogP contribution in [0.1, 0.15) is 40.9 Å². The second-order valence-electron chi connectivity index (χ2n) is 6.55. The number of carbonyl (C=O) groups is 3. The van der Waals surface area contributed by atoms with E-state index in [-0.39, 0.29) is 30.9 Å². The first-order valence-electron chi connectivity index (χ1n) is 9.13. The second kappa shape index (κ2) is 8.56. The van der Waals surface area contributed by atoms with E-state index in [9.17, 15) is 14.4 Å². The highest BCUT2D eigenvalue weighted by atomic mass is 16.5. The zero-order chi connectivity index (χ0) is 20.1. The smallest absolute Gasteiger partial charge is 0.324 e. The monoisotopic (exact) mass is 381 g/mol. The number of ether oxygens (including phenoxy) is 1. The van der Waals surface area contributed by atoms with Gasteiger partial charge in [0.1, 0.15) is 5.75 Å². The number of nitrogens with one attached hydrogen (secondary N) is 2. The molecule has 1 atom stereocenters. The normalized spacial score (nSPS) is 14.6. The number of nitrogens with zero attached hydrogens (tertiary/aromatic N) is 1. The first-order valence-corrected chi connectivity index (χ1v) is 9.13. The molecule has 1 fully saturated rings. The Morgan fingerprint density at radius 2 is 1.96 bits per heavy atom. The Hall–Kier alpha value is -3.35. The summed E-state index contributed by atoms with van der Waals surface area (Å²) in [6, 6.07) is 14.0. The van der Waals surface area contributed by atoms with Crippen molar-refractivity contribution in [3.8, 4) is 5.75 Å². The van der Waals surface area contributed by atoms with Crippen LogP contribution in [-0.2, 0) is 11.3 Å². The second-order valence-corrected chi connectivity index (χ2v) is 6.55. The lowest BCUT2D eigenvalue weighted by molar-refractivity contribution is -0.125. The van der Waals surface area contributed by atoms with Crippen molar-refractivity contribution in [1.82, 2.24) is 15.5 Å². The highest BCUT2D eigenvalue weighted by Crippen LogP contribution is 2.21. The Kier molecular flexibility index (Phi) is 5.93. The molecular weight excluding hydrogens is 358 g/mol. The van der Waals surface area contributed by atoms with Crippen molar-refractivity contribution in [3.63, 3.8) is 0 Å². The first-order chi connectivity index (χ1) is 13.5. The van der Waals surface area contributed by atoms with Crippen LogP contribution < -0.4 is 15.4 Å². The van der Waals surface area contributed by atoms with Gasteiger partial charge in [-0.25, -0.2) is 4.79 Å². The third-order valence-corrected chi connectivity index (χ3v) is 4.70. The minimum absolute atomic E-state index is 0.0129. The van der Waals surface area contributed by atoms with E-state index in [2.05, 4.69) is 10.6 Å². The molecule has 7 nitrogen and oxygen atoms in total. The molecule has 146 valence electrons. The average Bonchev–Trinajstić information content (AvgIpc) is 3.04. The molecule has 4 amide bonds. The zero-order valence-corrected chi connectivity index (χ0v) is 15.9. The summed E-state index contributed by atoms with van der Waals surface area (Å²) in [6.07, 6.45) is 0.736. The lowest BCUT2D eigenvalue weighted by Crippen LogP contribution is -2.31. The number of methoxy groups -OCH3 is 1. The van der Waals surface area contributed by atoms with E-state index in [1.807, 2.05) is 31.2 Å². The molecule has 0 saturated carbocycles. The van der Waals surface area contributed by atoms with Crippen molar-refractivity contribution in [1.29, 1.82) is 0 Å². The van der Waals surface area contributed by atoms with E-state index in [4.69, 9.17) is 4.74 Å². The summed E-state index contributed by atoms with van der Waals surface area (Å²) >= 11 is 0. The Morgan fingerprint density at radius 3 is 2.57 bits per heavy atom. The van der Waals surface area contributed by atoms with Crippen molar-refractivity contribution in [2.75, 3.05) is 13.7 Å². The van der Waals surface area contributed by atoms with Gasteiger partial charge in [0.15, 0.2) is 0 Å². The summed E-state index contributed by atoms with van der Waals surface area (Å²) in [7, 11) is 1.61. The number of imide groups is 1. The number of rotatable bonds is 7. The summed E-state index contributed by atoms with van der Waals surface area (Å²) in [5.74, 6) is 0.283. The summed E-state index contributed by atoms with van der Waals surface area (Å²) in [5, 5.41) is 5.52. The van der Waals surface area contributed by atoms with Crippen LogP contribution in [0.25, 0.3) is 0 Å². The van der Waals surface area contributed by atoms with Gasteiger partial charge in [-0.2, -0.15) is 0 Å². The van der Waals surface area contributed by atoms with Gasteiger partial charge in [0.05, 0.1) is 26.2 Å². The van der Waals surface area contributed by atoms with Crippen molar-refractivity contribution in [2.45, 2.75) is 25.9 Å². The fourth-order valence-corrected chi connectivity index (χ4v) is 3.11. The molecule has 1 unspecified atom stereocenters. The molecule has 7 heteroatoms. The SMILES string of the molecule is CCC(NC(=O)c1cccc(CN2C(=O)CNC2=O)c1)c1ccc(OC)cc1.